The van der Waals surface area contributed by atoms with Crippen LogP contribution in [0.2, 0.25) is 0 Å². The average molecular weight is 413 g/mol. The Morgan fingerprint density at radius 1 is 0.933 bits per heavy atom. The average Bonchev–Trinajstić information content (AvgIpc) is 2.72. The molecule has 0 spiro atoms. The third-order valence-corrected chi connectivity index (χ3v) is 5.08. The molecular formula is C23H27NO6. The molecule has 160 valence electrons. The van der Waals surface area contributed by atoms with Crippen LogP contribution in [0.4, 0.5) is 0 Å². The zero-order valence-corrected chi connectivity index (χ0v) is 17.9. The van der Waals surface area contributed by atoms with E-state index in [1.54, 1.807) is 21.3 Å². The summed E-state index contributed by atoms with van der Waals surface area (Å²) in [5, 5.41) is 10.9. The number of aryl methyl sites for hydroxylation is 1. The molecule has 1 heterocycles. The Balaban J connectivity index is 1.94. The summed E-state index contributed by atoms with van der Waals surface area (Å²) >= 11 is 0. The van der Waals surface area contributed by atoms with Crippen molar-refractivity contribution >= 4 is 11.0 Å². The van der Waals surface area contributed by atoms with Crippen molar-refractivity contribution in [3.05, 3.63) is 57.4 Å². The molecule has 0 unspecified atom stereocenters. The van der Waals surface area contributed by atoms with Crippen LogP contribution in [0.1, 0.15) is 23.6 Å². The topological polar surface area (TPSA) is 81.4 Å². The fraction of sp³-hybridized carbons (Fsp3) is 0.348. The molecule has 0 fully saturated rings. The zero-order valence-electron chi connectivity index (χ0n) is 17.9. The van der Waals surface area contributed by atoms with Gasteiger partial charge in [0.25, 0.3) is 0 Å². The van der Waals surface area contributed by atoms with Crippen LogP contribution >= 0.6 is 0 Å². The van der Waals surface area contributed by atoms with Crippen LogP contribution in [0.25, 0.3) is 11.0 Å². The molecule has 0 aliphatic rings. The Hall–Kier alpha value is -3.19. The van der Waals surface area contributed by atoms with E-state index in [0.29, 0.717) is 42.3 Å². The van der Waals surface area contributed by atoms with Crippen LogP contribution in [-0.4, -0.2) is 38.4 Å². The highest BCUT2D eigenvalue weighted by molar-refractivity contribution is 5.82. The van der Waals surface area contributed by atoms with Gasteiger partial charge >= 0.3 is 5.63 Å². The molecule has 0 saturated heterocycles. The van der Waals surface area contributed by atoms with Crippen LogP contribution < -0.4 is 19.8 Å². The highest BCUT2D eigenvalue weighted by Gasteiger charge is 2.18. The molecule has 0 saturated carbocycles. The van der Waals surface area contributed by atoms with E-state index in [2.05, 4.69) is 4.90 Å². The molecule has 0 atom stereocenters. The first-order chi connectivity index (χ1) is 14.4. The van der Waals surface area contributed by atoms with Crippen molar-refractivity contribution in [3.63, 3.8) is 0 Å². The van der Waals surface area contributed by atoms with Crippen molar-refractivity contribution in [1.82, 2.24) is 4.90 Å². The lowest BCUT2D eigenvalue weighted by Gasteiger charge is -2.21. The van der Waals surface area contributed by atoms with Gasteiger partial charge in [0.2, 0.25) is 5.75 Å². The number of fused-ring (bicyclic) bond motifs is 1. The molecule has 0 radical (unpaired) electrons. The second kappa shape index (κ2) is 9.09. The van der Waals surface area contributed by atoms with Crippen molar-refractivity contribution in [3.8, 4) is 23.0 Å². The number of hydrogen-bond donors (Lipinski definition) is 1. The molecule has 30 heavy (non-hydrogen) atoms. The van der Waals surface area contributed by atoms with Gasteiger partial charge in [-0.25, -0.2) is 4.79 Å². The third-order valence-electron chi connectivity index (χ3n) is 5.08. The molecule has 0 bridgehead atoms. The largest absolute Gasteiger partial charge is 0.508 e. The summed E-state index contributed by atoms with van der Waals surface area (Å²) in [6.07, 6.45) is 0.680. The summed E-state index contributed by atoms with van der Waals surface area (Å²) in [7, 11) is 6.70. The number of aromatic hydroxyl groups is 1. The smallest absolute Gasteiger partial charge is 0.336 e. The van der Waals surface area contributed by atoms with Gasteiger partial charge in [-0.05, 0) is 36.7 Å². The van der Waals surface area contributed by atoms with Gasteiger partial charge in [0, 0.05) is 36.2 Å². The number of methoxy groups -OCH3 is 3. The second-order valence-electron chi connectivity index (χ2n) is 7.09. The minimum absolute atomic E-state index is 0.133. The lowest BCUT2D eigenvalue weighted by atomic mass is 10.0. The van der Waals surface area contributed by atoms with Crippen molar-refractivity contribution in [2.75, 3.05) is 28.4 Å². The third kappa shape index (κ3) is 4.21. The molecular weight excluding hydrogens is 386 g/mol. The molecule has 0 aliphatic heterocycles. The van der Waals surface area contributed by atoms with Crippen LogP contribution in [0.15, 0.2) is 39.5 Å². The van der Waals surface area contributed by atoms with Gasteiger partial charge in [0.15, 0.2) is 11.5 Å². The highest BCUT2D eigenvalue weighted by atomic mass is 16.5. The van der Waals surface area contributed by atoms with E-state index in [0.717, 1.165) is 22.1 Å². The number of rotatable bonds is 8. The Kier molecular flexibility index (Phi) is 6.52. The standard InChI is InChI=1S/C23H27NO6/c1-6-14-9-17-16(10-21(26)30-20(17)11-18(14)25)13-24(2)12-15-7-8-19(27-3)23(29-5)22(15)28-4/h7-11,25H,6,12-13H2,1-5H3. The van der Waals surface area contributed by atoms with Crippen molar-refractivity contribution in [2.24, 2.45) is 0 Å². The van der Waals surface area contributed by atoms with Crippen LogP contribution in [0, 0.1) is 0 Å². The Bertz CT molecular complexity index is 1110. The quantitative estimate of drug-likeness (QED) is 0.564. The van der Waals surface area contributed by atoms with Gasteiger partial charge < -0.3 is 23.7 Å². The van der Waals surface area contributed by atoms with E-state index in [-0.39, 0.29) is 5.75 Å². The molecule has 7 nitrogen and oxygen atoms in total. The van der Waals surface area contributed by atoms with Crippen LogP contribution in [0.3, 0.4) is 0 Å². The number of hydrogen-bond acceptors (Lipinski definition) is 7. The van der Waals surface area contributed by atoms with Crippen LogP contribution in [-0.2, 0) is 19.5 Å². The van der Waals surface area contributed by atoms with Crippen molar-refractivity contribution < 1.29 is 23.7 Å². The van der Waals surface area contributed by atoms with E-state index in [1.165, 1.54) is 12.1 Å². The molecule has 2 aromatic carbocycles. The summed E-state index contributed by atoms with van der Waals surface area (Å²) in [5.41, 5.74) is 2.50. The number of phenols is 1. The molecule has 3 rings (SSSR count). The first kappa shape index (κ1) is 21.5. The number of nitrogens with zero attached hydrogens (tertiary/aromatic N) is 1. The lowest BCUT2D eigenvalue weighted by molar-refractivity contribution is 0.296. The van der Waals surface area contributed by atoms with Gasteiger partial charge in [-0.1, -0.05) is 13.0 Å². The zero-order chi connectivity index (χ0) is 21.8. The lowest BCUT2D eigenvalue weighted by Crippen LogP contribution is -2.19. The van der Waals surface area contributed by atoms with E-state index >= 15 is 0 Å². The van der Waals surface area contributed by atoms with Gasteiger partial charge in [-0.2, -0.15) is 0 Å². The number of ether oxygens (including phenoxy) is 3. The summed E-state index contributed by atoms with van der Waals surface area (Å²) in [5.74, 6) is 1.88. The fourth-order valence-corrected chi connectivity index (χ4v) is 3.65. The predicted molar refractivity (Wildman–Crippen MR) is 115 cm³/mol. The Morgan fingerprint density at radius 3 is 2.27 bits per heavy atom. The monoisotopic (exact) mass is 413 g/mol. The summed E-state index contributed by atoms with van der Waals surface area (Å²) < 4.78 is 21.7. The van der Waals surface area contributed by atoms with Crippen LogP contribution in [0.5, 0.6) is 23.0 Å². The minimum Gasteiger partial charge on any atom is -0.508 e. The van der Waals surface area contributed by atoms with Crippen molar-refractivity contribution in [2.45, 2.75) is 26.4 Å². The predicted octanol–water partition coefficient (Wildman–Crippen LogP) is 3.72. The number of phenolic OH excluding ortho intramolecular Hbond substituents is 1. The molecule has 0 aliphatic carbocycles. The first-order valence-corrected chi connectivity index (χ1v) is 9.66. The maximum atomic E-state index is 12.0. The molecule has 7 heteroatoms. The maximum absolute atomic E-state index is 12.0. The van der Waals surface area contributed by atoms with Crippen molar-refractivity contribution in [1.29, 1.82) is 0 Å². The van der Waals surface area contributed by atoms with E-state index in [4.69, 9.17) is 18.6 Å². The Labute approximate surface area is 175 Å². The van der Waals surface area contributed by atoms with Gasteiger partial charge in [-0.3, -0.25) is 4.90 Å². The normalized spacial score (nSPS) is 11.1. The van der Waals surface area contributed by atoms with Gasteiger partial charge in [0.05, 0.1) is 21.3 Å². The summed E-state index contributed by atoms with van der Waals surface area (Å²) in [6, 6.07) is 8.67. The molecule has 1 N–H and O–H groups in total. The Morgan fingerprint density at radius 2 is 1.63 bits per heavy atom. The van der Waals surface area contributed by atoms with Gasteiger partial charge in [0.1, 0.15) is 11.3 Å². The molecule has 0 amide bonds. The van der Waals surface area contributed by atoms with E-state index in [1.807, 2.05) is 32.2 Å². The summed E-state index contributed by atoms with van der Waals surface area (Å²) in [6.45, 7) is 3.03. The maximum Gasteiger partial charge on any atom is 0.336 e. The number of benzene rings is 2. The SMILES string of the molecule is CCc1cc2c(CN(C)Cc3ccc(OC)c(OC)c3OC)cc(=O)oc2cc1O. The highest BCUT2D eigenvalue weighted by Crippen LogP contribution is 2.40. The summed E-state index contributed by atoms with van der Waals surface area (Å²) in [4.78, 5) is 14.1. The van der Waals surface area contributed by atoms with Gasteiger partial charge in [-0.15, -0.1) is 0 Å². The van der Waals surface area contributed by atoms with E-state index < -0.39 is 5.63 Å². The fourth-order valence-electron chi connectivity index (χ4n) is 3.65. The second-order valence-corrected chi connectivity index (χ2v) is 7.09. The molecule has 3 aromatic rings. The first-order valence-electron chi connectivity index (χ1n) is 9.66. The van der Waals surface area contributed by atoms with E-state index in [9.17, 15) is 9.90 Å². The molecule has 1 aromatic heterocycles. The minimum atomic E-state index is -0.446.